The summed E-state index contributed by atoms with van der Waals surface area (Å²) < 4.78 is 19.0. The van der Waals surface area contributed by atoms with Gasteiger partial charge in [-0.2, -0.15) is 0 Å². The Hall–Kier alpha value is -2.15. The lowest BCUT2D eigenvalue weighted by Gasteiger charge is -2.44. The first-order chi connectivity index (χ1) is 16.3. The van der Waals surface area contributed by atoms with Gasteiger partial charge in [-0.25, -0.2) is 4.79 Å². The molecule has 1 saturated heterocycles. The first kappa shape index (κ1) is 27.4. The topological polar surface area (TPSA) is 48.0 Å². The number of benzene rings is 2. The van der Waals surface area contributed by atoms with Gasteiger partial charge in [-0.3, -0.25) is 0 Å². The quantitative estimate of drug-likeness (QED) is 0.483. The van der Waals surface area contributed by atoms with Gasteiger partial charge in [0.15, 0.2) is 0 Å². The molecule has 0 radical (unpaired) electrons. The SMILES string of the molecule is CC(C)OC1C[C@H](CO[Si](c2ccccc2)(c2ccccc2)C(C)(C)C)N(C(=O)OC(C)(C)C)C1. The molecule has 192 valence electrons. The molecule has 35 heavy (non-hydrogen) atoms. The van der Waals surface area contributed by atoms with E-state index in [2.05, 4.69) is 69.3 Å². The highest BCUT2D eigenvalue weighted by Gasteiger charge is 2.51. The van der Waals surface area contributed by atoms with Crippen LogP contribution in [0.15, 0.2) is 60.7 Å². The van der Waals surface area contributed by atoms with Crippen LogP contribution < -0.4 is 10.4 Å². The van der Waals surface area contributed by atoms with Crippen LogP contribution in [0.25, 0.3) is 0 Å². The van der Waals surface area contributed by atoms with Crippen LogP contribution in [0.4, 0.5) is 4.79 Å². The Morgan fingerprint density at radius 3 is 1.89 bits per heavy atom. The molecule has 0 saturated carbocycles. The fourth-order valence-corrected chi connectivity index (χ4v) is 9.64. The molecule has 5 nitrogen and oxygen atoms in total. The zero-order valence-electron chi connectivity index (χ0n) is 22.7. The lowest BCUT2D eigenvalue weighted by atomic mass is 10.2. The van der Waals surface area contributed by atoms with Gasteiger partial charge in [0.2, 0.25) is 0 Å². The number of rotatable bonds is 7. The Labute approximate surface area is 212 Å². The molecule has 3 rings (SSSR count). The average molecular weight is 498 g/mol. The van der Waals surface area contributed by atoms with Crippen molar-refractivity contribution in [2.45, 2.75) is 90.7 Å². The first-order valence-corrected chi connectivity index (χ1v) is 14.6. The van der Waals surface area contributed by atoms with Crippen LogP contribution in [0.1, 0.15) is 61.8 Å². The minimum Gasteiger partial charge on any atom is -0.444 e. The van der Waals surface area contributed by atoms with Gasteiger partial charge < -0.3 is 18.8 Å². The number of likely N-dealkylation sites (tertiary alicyclic amines) is 1. The van der Waals surface area contributed by atoms with Crippen LogP contribution in [0.2, 0.25) is 5.04 Å². The smallest absolute Gasteiger partial charge is 0.410 e. The van der Waals surface area contributed by atoms with Crippen molar-refractivity contribution in [1.29, 1.82) is 0 Å². The van der Waals surface area contributed by atoms with Crippen molar-refractivity contribution in [3.63, 3.8) is 0 Å². The van der Waals surface area contributed by atoms with Crippen molar-refractivity contribution >= 4 is 24.8 Å². The summed E-state index contributed by atoms with van der Waals surface area (Å²) in [6.45, 7) is 17.5. The molecule has 0 aromatic heterocycles. The second kappa shape index (κ2) is 10.9. The summed E-state index contributed by atoms with van der Waals surface area (Å²) >= 11 is 0. The van der Waals surface area contributed by atoms with E-state index in [9.17, 15) is 4.79 Å². The van der Waals surface area contributed by atoms with Crippen molar-refractivity contribution in [2.75, 3.05) is 13.2 Å². The largest absolute Gasteiger partial charge is 0.444 e. The summed E-state index contributed by atoms with van der Waals surface area (Å²) in [7, 11) is -2.70. The maximum absolute atomic E-state index is 13.2. The van der Waals surface area contributed by atoms with Gasteiger partial charge in [-0.15, -0.1) is 0 Å². The van der Waals surface area contributed by atoms with Crippen molar-refractivity contribution in [1.82, 2.24) is 4.90 Å². The van der Waals surface area contributed by atoms with E-state index in [1.807, 2.05) is 51.7 Å². The molecule has 1 heterocycles. The van der Waals surface area contributed by atoms with E-state index in [1.54, 1.807) is 0 Å². The van der Waals surface area contributed by atoms with E-state index in [4.69, 9.17) is 13.9 Å². The lowest BCUT2D eigenvalue weighted by molar-refractivity contribution is 0.00279. The van der Waals surface area contributed by atoms with Gasteiger partial charge in [0, 0.05) is 0 Å². The summed E-state index contributed by atoms with van der Waals surface area (Å²) in [6.07, 6.45) is 0.492. The summed E-state index contributed by atoms with van der Waals surface area (Å²) in [5.74, 6) is 0. The molecule has 2 atom stereocenters. The second-order valence-corrected chi connectivity index (χ2v) is 16.1. The molecule has 0 bridgehead atoms. The maximum Gasteiger partial charge on any atom is 0.410 e. The van der Waals surface area contributed by atoms with Gasteiger partial charge >= 0.3 is 6.09 Å². The Morgan fingerprint density at radius 1 is 0.943 bits per heavy atom. The second-order valence-electron chi connectivity index (χ2n) is 11.8. The predicted molar refractivity (Wildman–Crippen MR) is 145 cm³/mol. The first-order valence-electron chi connectivity index (χ1n) is 12.7. The number of nitrogens with zero attached hydrogens (tertiary/aromatic N) is 1. The monoisotopic (exact) mass is 497 g/mol. The molecule has 0 spiro atoms. The third kappa shape index (κ3) is 6.54. The van der Waals surface area contributed by atoms with Crippen LogP contribution in [0.3, 0.4) is 0 Å². The zero-order valence-corrected chi connectivity index (χ0v) is 23.7. The van der Waals surface area contributed by atoms with Crippen LogP contribution in [-0.4, -0.2) is 56.3 Å². The summed E-state index contributed by atoms with van der Waals surface area (Å²) in [6, 6.07) is 21.1. The molecule has 1 aliphatic rings. The fourth-order valence-electron chi connectivity index (χ4n) is 5.04. The molecule has 1 amide bonds. The van der Waals surface area contributed by atoms with Gasteiger partial charge in [0.05, 0.1) is 31.4 Å². The van der Waals surface area contributed by atoms with Crippen LogP contribution >= 0.6 is 0 Å². The maximum atomic E-state index is 13.2. The van der Waals surface area contributed by atoms with Crippen molar-refractivity contribution in [3.05, 3.63) is 60.7 Å². The third-order valence-corrected chi connectivity index (χ3v) is 11.4. The highest BCUT2D eigenvalue weighted by molar-refractivity contribution is 6.99. The number of ether oxygens (including phenoxy) is 2. The standard InChI is InChI=1S/C29H43NO4Si/c1-22(2)33-24-19-23(30(20-24)27(31)34-28(3,4)5)21-32-35(29(6,7)8,25-15-11-9-12-16-25)26-17-13-10-14-18-26/h9-18,22-24H,19-21H2,1-8H3/t23-,24?/m1/s1. The number of hydrogen-bond donors (Lipinski definition) is 0. The van der Waals surface area contributed by atoms with E-state index < -0.39 is 13.9 Å². The molecule has 0 aliphatic carbocycles. The Bertz CT molecular complexity index is 911. The molecule has 1 aliphatic heterocycles. The highest BCUT2D eigenvalue weighted by atomic mass is 28.4. The normalized spacial score (nSPS) is 19.3. The Balaban J connectivity index is 1.97. The number of carbonyl (C=O) groups is 1. The van der Waals surface area contributed by atoms with Crippen LogP contribution in [0, 0.1) is 0 Å². The average Bonchev–Trinajstić information content (AvgIpc) is 3.16. The predicted octanol–water partition coefficient (Wildman–Crippen LogP) is 5.37. The van der Waals surface area contributed by atoms with Crippen LogP contribution in [0.5, 0.6) is 0 Å². The lowest BCUT2D eigenvalue weighted by Crippen LogP contribution is -2.67. The minimum atomic E-state index is -2.70. The fraction of sp³-hybridized carbons (Fsp3) is 0.552. The Kier molecular flexibility index (Phi) is 8.51. The van der Waals surface area contributed by atoms with Gasteiger partial charge in [-0.05, 0) is 56.5 Å². The zero-order chi connectivity index (χ0) is 25.9. The molecule has 6 heteroatoms. The number of carbonyl (C=O) groups excluding carboxylic acids is 1. The van der Waals surface area contributed by atoms with Crippen LogP contribution in [-0.2, 0) is 13.9 Å². The van der Waals surface area contributed by atoms with Gasteiger partial charge in [0.1, 0.15) is 5.60 Å². The van der Waals surface area contributed by atoms with E-state index >= 15 is 0 Å². The van der Waals surface area contributed by atoms with Crippen molar-refractivity contribution in [2.24, 2.45) is 0 Å². The van der Waals surface area contributed by atoms with Crippen molar-refractivity contribution < 1.29 is 18.7 Å². The molecule has 1 unspecified atom stereocenters. The summed E-state index contributed by atoms with van der Waals surface area (Å²) in [5.41, 5.74) is -0.558. The van der Waals surface area contributed by atoms with E-state index in [-0.39, 0.29) is 29.4 Å². The van der Waals surface area contributed by atoms with Crippen molar-refractivity contribution in [3.8, 4) is 0 Å². The Morgan fingerprint density at radius 2 is 1.46 bits per heavy atom. The summed E-state index contributed by atoms with van der Waals surface area (Å²) in [4.78, 5) is 15.0. The highest BCUT2D eigenvalue weighted by Crippen LogP contribution is 2.37. The van der Waals surface area contributed by atoms with Gasteiger partial charge in [-0.1, -0.05) is 81.4 Å². The molecule has 2 aromatic carbocycles. The molecular formula is C29H43NO4Si. The van der Waals surface area contributed by atoms with E-state index in [1.165, 1.54) is 10.4 Å². The molecular weight excluding hydrogens is 454 g/mol. The molecule has 1 fully saturated rings. The summed E-state index contributed by atoms with van der Waals surface area (Å²) in [5, 5.41) is 2.34. The van der Waals surface area contributed by atoms with Gasteiger partial charge in [0.25, 0.3) is 8.32 Å². The van der Waals surface area contributed by atoms with E-state index in [0.29, 0.717) is 13.2 Å². The number of amides is 1. The minimum absolute atomic E-state index is 0.0322. The molecule has 0 N–H and O–H groups in total. The number of hydrogen-bond acceptors (Lipinski definition) is 4. The third-order valence-electron chi connectivity index (χ3n) is 6.38. The molecule has 2 aromatic rings. The van der Waals surface area contributed by atoms with E-state index in [0.717, 1.165) is 6.42 Å².